The van der Waals surface area contributed by atoms with E-state index in [1.54, 1.807) is 30.3 Å². The van der Waals surface area contributed by atoms with Crippen molar-refractivity contribution < 1.29 is 28.9 Å². The number of aliphatic hydroxyl groups is 1. The van der Waals surface area contributed by atoms with Gasteiger partial charge in [-0.1, -0.05) is 41.7 Å². The lowest BCUT2D eigenvalue weighted by molar-refractivity contribution is -0.132. The Bertz CT molecular complexity index is 1950. The first-order valence-electron chi connectivity index (χ1n) is 14.4. The predicted molar refractivity (Wildman–Crippen MR) is 169 cm³/mol. The number of benzene rings is 4. The molecule has 1 aromatic heterocycles. The van der Waals surface area contributed by atoms with Crippen LogP contribution in [-0.4, -0.2) is 34.5 Å². The van der Waals surface area contributed by atoms with Crippen molar-refractivity contribution in [3.8, 4) is 23.0 Å². The molecule has 0 saturated carbocycles. The van der Waals surface area contributed by atoms with E-state index in [1.807, 2.05) is 74.5 Å². The van der Waals surface area contributed by atoms with Gasteiger partial charge in [0.2, 0.25) is 0 Å². The standard InChI is InChI=1S/C35H28N2O6S/c1-3-41-25-13-14-27-29(19-25)44-35(36-27)37-31(21-8-7-11-26(18-21)43-24-9-5-4-6-10-24)30(33(39)34(37)40)32(38)22-12-15-28-23(17-22)16-20(2)42-28/h4-15,17-20,31,38H,3,16H2,1-2H3/b32-30+/t20-,31-/m0/s1. The van der Waals surface area contributed by atoms with Crippen molar-refractivity contribution in [1.82, 2.24) is 4.98 Å². The molecule has 0 aliphatic carbocycles. The van der Waals surface area contributed by atoms with E-state index < -0.39 is 17.7 Å². The topological polar surface area (TPSA) is 98.2 Å². The molecule has 1 N–H and O–H groups in total. The third kappa shape index (κ3) is 4.95. The van der Waals surface area contributed by atoms with Gasteiger partial charge >= 0.3 is 5.91 Å². The zero-order valence-corrected chi connectivity index (χ0v) is 24.8. The van der Waals surface area contributed by atoms with Crippen LogP contribution in [0.25, 0.3) is 16.0 Å². The summed E-state index contributed by atoms with van der Waals surface area (Å²) < 4.78 is 18.4. The first-order valence-corrected chi connectivity index (χ1v) is 15.2. The number of amides is 1. The number of aromatic nitrogens is 1. The molecule has 44 heavy (non-hydrogen) atoms. The summed E-state index contributed by atoms with van der Waals surface area (Å²) in [5.74, 6) is 0.784. The molecule has 7 rings (SSSR count). The number of thiazole rings is 1. The van der Waals surface area contributed by atoms with Crippen molar-refractivity contribution in [3.63, 3.8) is 0 Å². The highest BCUT2D eigenvalue weighted by Gasteiger charge is 2.48. The first-order chi connectivity index (χ1) is 21.4. The van der Waals surface area contributed by atoms with E-state index in [9.17, 15) is 14.7 Å². The molecule has 2 atom stereocenters. The Kier molecular flexibility index (Phi) is 7.02. The molecular weight excluding hydrogens is 576 g/mol. The summed E-state index contributed by atoms with van der Waals surface area (Å²) in [6, 6.07) is 26.4. The smallest absolute Gasteiger partial charge is 0.301 e. The van der Waals surface area contributed by atoms with Crippen LogP contribution < -0.4 is 19.1 Å². The van der Waals surface area contributed by atoms with Crippen LogP contribution in [0, 0.1) is 0 Å². The van der Waals surface area contributed by atoms with Crippen molar-refractivity contribution in [2.45, 2.75) is 32.4 Å². The summed E-state index contributed by atoms with van der Waals surface area (Å²) in [6.07, 6.45) is 0.699. The third-order valence-corrected chi connectivity index (χ3v) is 8.65. The molecular formula is C35H28N2O6S. The van der Waals surface area contributed by atoms with Gasteiger partial charge < -0.3 is 19.3 Å². The third-order valence-electron chi connectivity index (χ3n) is 7.63. The number of ketones is 1. The quantitative estimate of drug-likeness (QED) is 0.117. The molecule has 5 aromatic rings. The molecule has 9 heteroatoms. The largest absolute Gasteiger partial charge is 0.507 e. The Morgan fingerprint density at radius 1 is 0.977 bits per heavy atom. The molecule has 3 heterocycles. The second-order valence-corrected chi connectivity index (χ2v) is 11.7. The number of Topliss-reactive ketones (excluding diaryl/α,β-unsaturated/α-hetero) is 1. The Morgan fingerprint density at radius 3 is 2.61 bits per heavy atom. The number of fused-ring (bicyclic) bond motifs is 2. The van der Waals surface area contributed by atoms with Gasteiger partial charge in [-0.05, 0) is 85.6 Å². The Labute approximate surface area is 257 Å². The monoisotopic (exact) mass is 604 g/mol. The minimum atomic E-state index is -0.954. The average molecular weight is 605 g/mol. The van der Waals surface area contributed by atoms with Gasteiger partial charge in [-0.3, -0.25) is 14.5 Å². The minimum Gasteiger partial charge on any atom is -0.507 e. The number of aliphatic hydroxyl groups excluding tert-OH is 1. The summed E-state index contributed by atoms with van der Waals surface area (Å²) in [4.78, 5) is 33.7. The van der Waals surface area contributed by atoms with Gasteiger partial charge in [0.15, 0.2) is 5.13 Å². The van der Waals surface area contributed by atoms with Crippen LogP contribution in [0.1, 0.15) is 36.6 Å². The SMILES string of the molecule is CCOc1ccc2nc(N3C(=O)C(=O)/C(=C(/O)c4ccc5c(c4)C[C@H](C)O5)[C@@H]3c3cccc(Oc4ccccc4)c3)sc2c1. The highest BCUT2D eigenvalue weighted by molar-refractivity contribution is 7.22. The molecule has 1 saturated heterocycles. The summed E-state index contributed by atoms with van der Waals surface area (Å²) in [6.45, 7) is 4.40. The summed E-state index contributed by atoms with van der Waals surface area (Å²) in [5.41, 5.74) is 2.61. The molecule has 220 valence electrons. The van der Waals surface area contributed by atoms with Crippen LogP contribution in [0.3, 0.4) is 0 Å². The minimum absolute atomic E-state index is 0.0163. The van der Waals surface area contributed by atoms with E-state index >= 15 is 0 Å². The van der Waals surface area contributed by atoms with Crippen molar-refractivity contribution >= 4 is 44.1 Å². The number of carbonyl (C=O) groups is 2. The van der Waals surface area contributed by atoms with Gasteiger partial charge in [-0.2, -0.15) is 0 Å². The van der Waals surface area contributed by atoms with E-state index in [0.29, 0.717) is 52.1 Å². The number of para-hydroxylation sites is 1. The van der Waals surface area contributed by atoms with E-state index in [1.165, 1.54) is 16.2 Å². The van der Waals surface area contributed by atoms with Gasteiger partial charge in [-0.25, -0.2) is 4.98 Å². The van der Waals surface area contributed by atoms with E-state index in [-0.39, 0.29) is 17.4 Å². The summed E-state index contributed by atoms with van der Waals surface area (Å²) in [7, 11) is 0. The molecule has 8 nitrogen and oxygen atoms in total. The van der Waals surface area contributed by atoms with Crippen molar-refractivity contribution in [2.24, 2.45) is 0 Å². The van der Waals surface area contributed by atoms with Crippen LogP contribution in [0.2, 0.25) is 0 Å². The maximum Gasteiger partial charge on any atom is 0.301 e. The Hall–Kier alpha value is -5.15. The average Bonchev–Trinajstić information content (AvgIpc) is 3.69. The number of anilines is 1. The highest BCUT2D eigenvalue weighted by Crippen LogP contribution is 2.46. The molecule has 0 unspecified atom stereocenters. The fraction of sp³-hybridized carbons (Fsp3) is 0.171. The van der Waals surface area contributed by atoms with Crippen molar-refractivity contribution in [3.05, 3.63) is 113 Å². The summed E-state index contributed by atoms with van der Waals surface area (Å²) >= 11 is 1.28. The Morgan fingerprint density at radius 2 is 1.80 bits per heavy atom. The first kappa shape index (κ1) is 27.7. The van der Waals surface area contributed by atoms with Crippen LogP contribution in [-0.2, 0) is 16.0 Å². The molecule has 0 radical (unpaired) electrons. The van der Waals surface area contributed by atoms with Crippen LogP contribution >= 0.6 is 11.3 Å². The maximum absolute atomic E-state index is 13.8. The fourth-order valence-corrected chi connectivity index (χ4v) is 6.72. The summed E-state index contributed by atoms with van der Waals surface area (Å²) in [5, 5.41) is 12.1. The van der Waals surface area contributed by atoms with E-state index in [4.69, 9.17) is 19.2 Å². The van der Waals surface area contributed by atoms with Gasteiger partial charge in [0.05, 0.1) is 28.4 Å². The molecule has 0 spiro atoms. The number of hydrogen-bond donors (Lipinski definition) is 1. The van der Waals surface area contributed by atoms with Crippen molar-refractivity contribution in [2.75, 3.05) is 11.5 Å². The molecule has 4 aromatic carbocycles. The van der Waals surface area contributed by atoms with E-state index in [2.05, 4.69) is 0 Å². The lowest BCUT2D eigenvalue weighted by atomic mass is 9.94. The van der Waals surface area contributed by atoms with Crippen LogP contribution in [0.15, 0.2) is 96.6 Å². The number of carbonyl (C=O) groups excluding carboxylic acids is 2. The Balaban J connectivity index is 1.37. The highest BCUT2D eigenvalue weighted by atomic mass is 32.1. The van der Waals surface area contributed by atoms with Crippen molar-refractivity contribution in [1.29, 1.82) is 0 Å². The number of ether oxygens (including phenoxy) is 3. The molecule has 2 aliphatic rings. The molecule has 1 amide bonds. The molecule has 1 fully saturated rings. The van der Waals surface area contributed by atoms with Gasteiger partial charge in [0, 0.05) is 12.0 Å². The molecule has 2 aliphatic heterocycles. The number of nitrogens with zero attached hydrogens (tertiary/aromatic N) is 2. The zero-order chi connectivity index (χ0) is 30.4. The lowest BCUT2D eigenvalue weighted by Crippen LogP contribution is -2.29. The zero-order valence-electron chi connectivity index (χ0n) is 24.0. The predicted octanol–water partition coefficient (Wildman–Crippen LogP) is 7.44. The van der Waals surface area contributed by atoms with Gasteiger partial charge in [-0.15, -0.1) is 0 Å². The molecule has 0 bridgehead atoms. The lowest BCUT2D eigenvalue weighted by Gasteiger charge is -2.23. The van der Waals surface area contributed by atoms with Gasteiger partial charge in [0.25, 0.3) is 5.78 Å². The second-order valence-electron chi connectivity index (χ2n) is 10.7. The van der Waals surface area contributed by atoms with E-state index in [0.717, 1.165) is 16.0 Å². The maximum atomic E-state index is 13.8. The van der Waals surface area contributed by atoms with Crippen LogP contribution in [0.4, 0.5) is 5.13 Å². The van der Waals surface area contributed by atoms with Crippen LogP contribution in [0.5, 0.6) is 23.0 Å². The normalized spacial score (nSPS) is 18.8. The second kappa shape index (κ2) is 11.2. The fourth-order valence-electron chi connectivity index (χ4n) is 5.70. The number of rotatable bonds is 7. The van der Waals surface area contributed by atoms with Gasteiger partial charge in [0.1, 0.15) is 34.9 Å². The number of hydrogen-bond acceptors (Lipinski definition) is 8.